The third-order valence-corrected chi connectivity index (χ3v) is 3.50. The molecule has 5 heteroatoms. The van der Waals surface area contributed by atoms with Crippen molar-refractivity contribution in [3.8, 4) is 0 Å². The van der Waals surface area contributed by atoms with Crippen LogP contribution in [0.3, 0.4) is 0 Å². The molecule has 2 aromatic heterocycles. The maximum absolute atomic E-state index is 12.3. The van der Waals surface area contributed by atoms with E-state index in [1.165, 1.54) is 0 Å². The van der Waals surface area contributed by atoms with Gasteiger partial charge in [0.25, 0.3) is 5.91 Å². The van der Waals surface area contributed by atoms with E-state index in [1.807, 2.05) is 49.0 Å². The second-order valence-corrected chi connectivity index (χ2v) is 5.17. The summed E-state index contributed by atoms with van der Waals surface area (Å²) in [5, 5.41) is 0. The molecule has 0 saturated heterocycles. The van der Waals surface area contributed by atoms with Crippen LogP contribution in [0, 0.1) is 6.92 Å². The second-order valence-electron chi connectivity index (χ2n) is 4.18. The number of thioether (sulfide) groups is 1. The van der Waals surface area contributed by atoms with Crippen molar-refractivity contribution in [2.75, 3.05) is 25.6 Å². The van der Waals surface area contributed by atoms with E-state index in [0.29, 0.717) is 5.69 Å². The van der Waals surface area contributed by atoms with Gasteiger partial charge < -0.3 is 9.30 Å². The molecule has 0 unspecified atom stereocenters. The van der Waals surface area contributed by atoms with E-state index in [2.05, 4.69) is 4.98 Å². The Morgan fingerprint density at radius 3 is 3.00 bits per heavy atom. The van der Waals surface area contributed by atoms with Gasteiger partial charge in [0.05, 0.1) is 5.52 Å². The molecule has 4 nitrogen and oxygen atoms in total. The highest BCUT2D eigenvalue weighted by Gasteiger charge is 2.18. The van der Waals surface area contributed by atoms with Crippen LogP contribution in [0.5, 0.6) is 0 Å². The molecule has 0 saturated carbocycles. The van der Waals surface area contributed by atoms with E-state index in [4.69, 9.17) is 0 Å². The van der Waals surface area contributed by atoms with Crippen LogP contribution < -0.4 is 0 Å². The molecular formula is C13H17N3OS. The average Bonchev–Trinajstić information content (AvgIpc) is 2.73. The third kappa shape index (κ3) is 2.36. The number of imidazole rings is 1. The minimum absolute atomic E-state index is 0.0131. The molecule has 0 spiro atoms. The summed E-state index contributed by atoms with van der Waals surface area (Å²) in [5.74, 6) is 1.76. The van der Waals surface area contributed by atoms with Crippen LogP contribution in [-0.2, 0) is 0 Å². The summed E-state index contributed by atoms with van der Waals surface area (Å²) >= 11 is 1.73. The molecule has 18 heavy (non-hydrogen) atoms. The average molecular weight is 263 g/mol. The Hall–Kier alpha value is -1.49. The van der Waals surface area contributed by atoms with Gasteiger partial charge in [-0.1, -0.05) is 6.07 Å². The number of pyridine rings is 1. The summed E-state index contributed by atoms with van der Waals surface area (Å²) in [4.78, 5) is 18.4. The number of amides is 1. The van der Waals surface area contributed by atoms with E-state index < -0.39 is 0 Å². The van der Waals surface area contributed by atoms with E-state index in [0.717, 1.165) is 23.6 Å². The molecule has 0 radical (unpaired) electrons. The van der Waals surface area contributed by atoms with Gasteiger partial charge >= 0.3 is 0 Å². The highest BCUT2D eigenvalue weighted by atomic mass is 32.2. The quantitative estimate of drug-likeness (QED) is 0.847. The Morgan fingerprint density at radius 1 is 1.50 bits per heavy atom. The molecule has 0 aromatic carbocycles. The number of hydrogen-bond acceptors (Lipinski definition) is 3. The molecular weight excluding hydrogens is 246 g/mol. The molecule has 2 heterocycles. The minimum atomic E-state index is -0.0131. The molecule has 0 bridgehead atoms. The normalized spacial score (nSPS) is 10.8. The van der Waals surface area contributed by atoms with Crippen LogP contribution in [0.25, 0.3) is 5.52 Å². The first-order valence-electron chi connectivity index (χ1n) is 5.83. The van der Waals surface area contributed by atoms with E-state index in [-0.39, 0.29) is 5.91 Å². The largest absolute Gasteiger partial charge is 0.339 e. The standard InChI is InChI=1S/C13H17N3OS/c1-10-14-12(11-6-4-5-7-16(10)11)13(17)15(2)8-9-18-3/h4-7H,8-9H2,1-3H3. The van der Waals surface area contributed by atoms with Crippen molar-refractivity contribution in [1.29, 1.82) is 0 Å². The first-order valence-corrected chi connectivity index (χ1v) is 7.22. The Labute approximate surface area is 111 Å². The number of aryl methyl sites for hydroxylation is 1. The zero-order valence-electron chi connectivity index (χ0n) is 10.9. The van der Waals surface area contributed by atoms with Gasteiger partial charge in [0.2, 0.25) is 0 Å². The monoisotopic (exact) mass is 263 g/mol. The van der Waals surface area contributed by atoms with Crippen molar-refractivity contribution in [1.82, 2.24) is 14.3 Å². The number of carbonyl (C=O) groups is 1. The summed E-state index contributed by atoms with van der Waals surface area (Å²) < 4.78 is 1.94. The van der Waals surface area contributed by atoms with E-state index in [9.17, 15) is 4.79 Å². The number of nitrogens with zero attached hydrogens (tertiary/aromatic N) is 3. The summed E-state index contributed by atoms with van der Waals surface area (Å²) in [6, 6.07) is 5.79. The van der Waals surface area contributed by atoms with E-state index in [1.54, 1.807) is 16.7 Å². The minimum Gasteiger partial charge on any atom is -0.339 e. The lowest BCUT2D eigenvalue weighted by Gasteiger charge is -2.15. The Balaban J connectivity index is 2.33. The predicted octanol–water partition coefficient (Wildman–Crippen LogP) is 2.08. The van der Waals surface area contributed by atoms with Crippen molar-refractivity contribution >= 4 is 23.2 Å². The van der Waals surface area contributed by atoms with Gasteiger partial charge in [0.15, 0.2) is 5.69 Å². The van der Waals surface area contributed by atoms with Gasteiger partial charge in [-0.3, -0.25) is 4.79 Å². The van der Waals surface area contributed by atoms with Gasteiger partial charge in [-0.05, 0) is 25.3 Å². The summed E-state index contributed by atoms with van der Waals surface area (Å²) in [6.45, 7) is 2.65. The molecule has 0 aliphatic heterocycles. The predicted molar refractivity (Wildman–Crippen MR) is 75.3 cm³/mol. The van der Waals surface area contributed by atoms with Crippen LogP contribution in [0.1, 0.15) is 16.3 Å². The molecule has 1 amide bonds. The Morgan fingerprint density at radius 2 is 2.28 bits per heavy atom. The van der Waals surface area contributed by atoms with Gasteiger partial charge in [-0.2, -0.15) is 11.8 Å². The smallest absolute Gasteiger partial charge is 0.274 e. The first-order chi connectivity index (χ1) is 8.65. The van der Waals surface area contributed by atoms with Crippen LogP contribution in [-0.4, -0.2) is 45.8 Å². The van der Waals surface area contributed by atoms with Crippen LogP contribution in [0.15, 0.2) is 24.4 Å². The lowest BCUT2D eigenvalue weighted by atomic mass is 10.3. The van der Waals surface area contributed by atoms with Crippen molar-refractivity contribution in [2.24, 2.45) is 0 Å². The summed E-state index contributed by atoms with van der Waals surface area (Å²) in [6.07, 6.45) is 3.96. The summed E-state index contributed by atoms with van der Waals surface area (Å²) in [7, 11) is 1.82. The van der Waals surface area contributed by atoms with Crippen LogP contribution in [0.2, 0.25) is 0 Å². The van der Waals surface area contributed by atoms with Gasteiger partial charge in [0.1, 0.15) is 5.82 Å². The number of hydrogen-bond donors (Lipinski definition) is 0. The molecule has 0 atom stereocenters. The van der Waals surface area contributed by atoms with Crippen molar-refractivity contribution < 1.29 is 4.79 Å². The molecule has 2 rings (SSSR count). The lowest BCUT2D eigenvalue weighted by Crippen LogP contribution is -2.29. The van der Waals surface area contributed by atoms with Crippen molar-refractivity contribution in [2.45, 2.75) is 6.92 Å². The maximum atomic E-state index is 12.3. The SMILES string of the molecule is CSCCN(C)C(=O)c1nc(C)n2ccccc12. The maximum Gasteiger partial charge on any atom is 0.274 e. The van der Waals surface area contributed by atoms with Crippen molar-refractivity contribution in [3.63, 3.8) is 0 Å². The van der Waals surface area contributed by atoms with Crippen LogP contribution >= 0.6 is 11.8 Å². The highest BCUT2D eigenvalue weighted by Crippen LogP contribution is 2.14. The third-order valence-electron chi connectivity index (χ3n) is 2.90. The topological polar surface area (TPSA) is 37.6 Å². The van der Waals surface area contributed by atoms with Gasteiger partial charge in [-0.15, -0.1) is 0 Å². The number of rotatable bonds is 4. The molecule has 2 aromatic rings. The van der Waals surface area contributed by atoms with E-state index >= 15 is 0 Å². The summed E-state index contributed by atoms with van der Waals surface area (Å²) in [5.41, 5.74) is 1.41. The number of fused-ring (bicyclic) bond motifs is 1. The first kappa shape index (κ1) is 13.0. The van der Waals surface area contributed by atoms with Crippen LogP contribution in [0.4, 0.5) is 0 Å². The molecule has 0 fully saturated rings. The zero-order valence-corrected chi connectivity index (χ0v) is 11.7. The van der Waals surface area contributed by atoms with Gasteiger partial charge in [-0.25, -0.2) is 4.98 Å². The molecule has 0 N–H and O–H groups in total. The number of carbonyl (C=O) groups excluding carboxylic acids is 1. The van der Waals surface area contributed by atoms with Gasteiger partial charge in [0, 0.05) is 25.5 Å². The fraction of sp³-hybridized carbons (Fsp3) is 0.385. The highest BCUT2D eigenvalue weighted by molar-refractivity contribution is 7.98. The molecule has 96 valence electrons. The zero-order chi connectivity index (χ0) is 13.1. The van der Waals surface area contributed by atoms with Crippen molar-refractivity contribution in [3.05, 3.63) is 35.9 Å². The fourth-order valence-electron chi connectivity index (χ4n) is 1.86. The number of aromatic nitrogens is 2. The molecule has 0 aliphatic rings. The fourth-order valence-corrected chi connectivity index (χ4v) is 2.32. The lowest BCUT2D eigenvalue weighted by molar-refractivity contribution is 0.0800. The molecule has 0 aliphatic carbocycles. The Kier molecular flexibility index (Phi) is 3.91. The second kappa shape index (κ2) is 5.44. The Bertz CT molecular complexity index is 564.